The summed E-state index contributed by atoms with van der Waals surface area (Å²) < 4.78 is 87.7. The quantitative estimate of drug-likeness (QED) is 0.300. The number of benzene rings is 2. The minimum atomic E-state index is -4.74. The summed E-state index contributed by atoms with van der Waals surface area (Å²) in [7, 11) is 1.00. The number of nitrogens with zero attached hydrogens (tertiary/aromatic N) is 2. The fourth-order valence-corrected chi connectivity index (χ4v) is 3.53. The van der Waals surface area contributed by atoms with E-state index in [0.717, 1.165) is 38.3 Å². The average Bonchev–Trinajstić information content (AvgIpc) is 3.26. The van der Waals surface area contributed by atoms with Gasteiger partial charge in [-0.15, -0.1) is 0 Å². The number of amides is 2. The van der Waals surface area contributed by atoms with Crippen molar-refractivity contribution in [2.75, 3.05) is 31.0 Å². The Balaban J connectivity index is 0.000000431. The van der Waals surface area contributed by atoms with Gasteiger partial charge in [-0.1, -0.05) is 0 Å². The van der Waals surface area contributed by atoms with E-state index in [-0.39, 0.29) is 18.0 Å². The van der Waals surface area contributed by atoms with Crippen molar-refractivity contribution in [3.63, 3.8) is 0 Å². The SMILES string of the molecule is CC(O)(CO)C(=O)Nc1ccc(C#N)c(C(F)(F)F)c1.CC1(C)OCC(C)(C(=O)Nc2ccc(C#N)c(C(F)(F)F)c2)O1.CO. The van der Waals surface area contributed by atoms with Crippen LogP contribution in [0.3, 0.4) is 0 Å². The number of hydrogen-bond donors (Lipinski definition) is 5. The molecule has 1 saturated heterocycles. The monoisotopic (exact) mass is 648 g/mol. The van der Waals surface area contributed by atoms with Crippen LogP contribution in [0.25, 0.3) is 0 Å². The maximum absolute atomic E-state index is 12.9. The van der Waals surface area contributed by atoms with E-state index in [1.807, 2.05) is 5.32 Å². The van der Waals surface area contributed by atoms with Gasteiger partial charge in [-0.2, -0.15) is 36.9 Å². The molecule has 3 rings (SSSR count). The maximum Gasteiger partial charge on any atom is 0.417 e. The molecule has 1 fully saturated rings. The summed E-state index contributed by atoms with van der Waals surface area (Å²) in [6, 6.07) is 8.44. The van der Waals surface area contributed by atoms with Gasteiger partial charge in [0, 0.05) is 18.5 Å². The maximum atomic E-state index is 12.9. The minimum Gasteiger partial charge on any atom is -0.400 e. The van der Waals surface area contributed by atoms with Gasteiger partial charge in [-0.3, -0.25) is 9.59 Å². The van der Waals surface area contributed by atoms with Gasteiger partial charge >= 0.3 is 12.4 Å². The number of aliphatic hydroxyl groups is 3. The van der Waals surface area contributed by atoms with E-state index in [1.165, 1.54) is 25.1 Å². The molecule has 2 amide bonds. The molecule has 0 bridgehead atoms. The fourth-order valence-electron chi connectivity index (χ4n) is 3.53. The first-order chi connectivity index (χ1) is 20.6. The third-order valence-corrected chi connectivity index (χ3v) is 5.85. The van der Waals surface area contributed by atoms with Crippen LogP contribution in [0.2, 0.25) is 0 Å². The zero-order chi connectivity index (χ0) is 35.0. The number of nitriles is 2. The van der Waals surface area contributed by atoms with Gasteiger partial charge < -0.3 is 35.4 Å². The summed E-state index contributed by atoms with van der Waals surface area (Å²) in [6.07, 6.45) is -9.43. The lowest BCUT2D eigenvalue weighted by molar-refractivity contribution is -0.167. The molecule has 1 heterocycles. The molecular formula is C28H30F6N4O7. The first-order valence-corrected chi connectivity index (χ1v) is 12.6. The summed E-state index contributed by atoms with van der Waals surface area (Å²) in [5, 5.41) is 47.0. The van der Waals surface area contributed by atoms with Crippen molar-refractivity contribution in [1.29, 1.82) is 10.5 Å². The lowest BCUT2D eigenvalue weighted by Gasteiger charge is -2.24. The molecular weight excluding hydrogens is 618 g/mol. The zero-order valence-corrected chi connectivity index (χ0v) is 24.5. The number of anilines is 2. The van der Waals surface area contributed by atoms with Crippen molar-refractivity contribution in [3.05, 3.63) is 58.7 Å². The highest BCUT2D eigenvalue weighted by molar-refractivity contribution is 5.98. The Kier molecular flexibility index (Phi) is 12.6. The Morgan fingerprint density at radius 2 is 1.31 bits per heavy atom. The van der Waals surface area contributed by atoms with Crippen molar-refractivity contribution in [2.24, 2.45) is 0 Å². The summed E-state index contributed by atoms with van der Waals surface area (Å²) in [5.41, 5.74) is -7.13. The third-order valence-electron chi connectivity index (χ3n) is 5.85. The number of carbonyl (C=O) groups is 2. The molecule has 0 aliphatic carbocycles. The van der Waals surface area contributed by atoms with E-state index in [9.17, 15) is 41.0 Å². The number of aliphatic hydroxyl groups excluding tert-OH is 2. The van der Waals surface area contributed by atoms with Gasteiger partial charge in [0.2, 0.25) is 0 Å². The van der Waals surface area contributed by atoms with Crippen molar-refractivity contribution < 1.29 is 60.7 Å². The van der Waals surface area contributed by atoms with Gasteiger partial charge in [0.25, 0.3) is 11.8 Å². The Labute approximate surface area is 253 Å². The van der Waals surface area contributed by atoms with Crippen molar-refractivity contribution in [1.82, 2.24) is 0 Å². The van der Waals surface area contributed by atoms with E-state index in [1.54, 1.807) is 13.8 Å². The Morgan fingerprint density at radius 1 is 0.889 bits per heavy atom. The summed E-state index contributed by atoms with van der Waals surface area (Å²) in [5.74, 6) is -2.63. The van der Waals surface area contributed by atoms with E-state index in [0.29, 0.717) is 6.07 Å². The van der Waals surface area contributed by atoms with Gasteiger partial charge in [-0.05, 0) is 64.1 Å². The Morgan fingerprint density at radius 3 is 1.64 bits per heavy atom. The standard InChI is InChI=1S/C15H15F3N2O3.C12H11F3N2O3.CH4O/c1-13(2)22-8-14(3,23-13)12(21)20-10-5-4-9(7-19)11(6-10)15(16,17)18;1-11(20,6-18)10(19)17-8-3-2-7(5-16)9(4-8)12(13,14)15;1-2/h4-6H,8H2,1-3H3,(H,20,21);2-4,18,20H,6H2,1H3,(H,17,19);2H,1H3. The highest BCUT2D eigenvalue weighted by atomic mass is 19.4. The molecule has 2 atom stereocenters. The molecule has 5 N–H and O–H groups in total. The highest BCUT2D eigenvalue weighted by Gasteiger charge is 2.47. The molecule has 0 aromatic heterocycles. The van der Waals surface area contributed by atoms with E-state index in [4.69, 9.17) is 30.2 Å². The second kappa shape index (κ2) is 14.7. The van der Waals surface area contributed by atoms with Crippen molar-refractivity contribution in [3.8, 4) is 12.1 Å². The molecule has 0 radical (unpaired) electrons. The smallest absolute Gasteiger partial charge is 0.400 e. The van der Waals surface area contributed by atoms with Crippen LogP contribution >= 0.6 is 0 Å². The predicted molar refractivity (Wildman–Crippen MR) is 145 cm³/mol. The number of halogens is 6. The highest BCUT2D eigenvalue weighted by Crippen LogP contribution is 2.36. The Bertz CT molecular complexity index is 1460. The normalized spacial score (nSPS) is 18.4. The number of rotatable bonds is 5. The lowest BCUT2D eigenvalue weighted by atomic mass is 10.1. The average molecular weight is 649 g/mol. The van der Waals surface area contributed by atoms with E-state index in [2.05, 4.69) is 5.32 Å². The third kappa shape index (κ3) is 10.4. The van der Waals surface area contributed by atoms with Crippen LogP contribution in [0.1, 0.15) is 49.9 Å². The molecule has 11 nitrogen and oxygen atoms in total. The van der Waals surface area contributed by atoms with Gasteiger partial charge in [0.05, 0.1) is 47.6 Å². The van der Waals surface area contributed by atoms with Crippen LogP contribution in [0, 0.1) is 22.7 Å². The molecule has 1 aliphatic rings. The van der Waals surface area contributed by atoms with Crippen LogP contribution in [0.4, 0.5) is 37.7 Å². The lowest BCUT2D eigenvalue weighted by Crippen LogP contribution is -2.43. The molecule has 2 unspecified atom stereocenters. The number of carbonyl (C=O) groups excluding carboxylic acids is 2. The zero-order valence-electron chi connectivity index (χ0n) is 24.5. The van der Waals surface area contributed by atoms with Crippen LogP contribution in [-0.4, -0.2) is 64.4 Å². The molecule has 45 heavy (non-hydrogen) atoms. The predicted octanol–water partition coefficient (Wildman–Crippen LogP) is 3.92. The molecule has 17 heteroatoms. The summed E-state index contributed by atoms with van der Waals surface area (Å²) in [4.78, 5) is 23.8. The van der Waals surface area contributed by atoms with E-state index < -0.39 is 70.0 Å². The topological polar surface area (TPSA) is 185 Å². The van der Waals surface area contributed by atoms with Crippen LogP contribution < -0.4 is 10.6 Å². The van der Waals surface area contributed by atoms with Crippen LogP contribution in [0.15, 0.2) is 36.4 Å². The van der Waals surface area contributed by atoms with Crippen LogP contribution in [0.5, 0.6) is 0 Å². The first-order valence-electron chi connectivity index (χ1n) is 12.6. The van der Waals surface area contributed by atoms with Crippen molar-refractivity contribution >= 4 is 23.2 Å². The fraction of sp³-hybridized carbons (Fsp3) is 0.429. The summed E-state index contributed by atoms with van der Waals surface area (Å²) >= 11 is 0. The molecule has 246 valence electrons. The second-order valence-electron chi connectivity index (χ2n) is 10.1. The number of alkyl halides is 6. The number of hydrogen-bond acceptors (Lipinski definition) is 9. The molecule has 0 saturated carbocycles. The van der Waals surface area contributed by atoms with Gasteiger partial charge in [0.15, 0.2) is 17.0 Å². The van der Waals surface area contributed by atoms with Gasteiger partial charge in [-0.25, -0.2) is 0 Å². The minimum absolute atomic E-state index is 0.0196. The van der Waals surface area contributed by atoms with Gasteiger partial charge in [0.1, 0.15) is 0 Å². The largest absolute Gasteiger partial charge is 0.417 e. The molecule has 2 aromatic carbocycles. The first kappa shape index (κ1) is 38.8. The number of nitrogens with one attached hydrogen (secondary N) is 2. The van der Waals surface area contributed by atoms with Crippen LogP contribution in [-0.2, 0) is 31.4 Å². The molecule has 2 aromatic rings. The summed E-state index contributed by atoms with van der Waals surface area (Å²) in [6.45, 7) is 4.86. The van der Waals surface area contributed by atoms with Crippen molar-refractivity contribution in [2.45, 2.75) is 57.0 Å². The molecule has 1 aliphatic heterocycles. The second-order valence-corrected chi connectivity index (χ2v) is 10.1. The number of ether oxygens (including phenoxy) is 2. The van der Waals surface area contributed by atoms with E-state index >= 15 is 0 Å². The molecule has 0 spiro atoms. The Hall–Kier alpha value is -4.26.